The van der Waals surface area contributed by atoms with E-state index in [2.05, 4.69) is 4.40 Å². The monoisotopic (exact) mass is 441 g/mol. The molecule has 0 saturated carbocycles. The highest BCUT2D eigenvalue weighted by Crippen LogP contribution is 2.34. The number of aryl methyl sites for hydroxylation is 1. The molecule has 0 unspecified atom stereocenters. The van der Waals surface area contributed by atoms with Gasteiger partial charge in [0, 0.05) is 31.8 Å². The molecule has 2 aromatic rings. The van der Waals surface area contributed by atoms with Gasteiger partial charge >= 0.3 is 0 Å². The molecule has 8 heteroatoms. The quantitative estimate of drug-likeness (QED) is 0.716. The van der Waals surface area contributed by atoms with Crippen molar-refractivity contribution in [2.45, 2.75) is 20.3 Å². The van der Waals surface area contributed by atoms with Crippen molar-refractivity contribution in [1.82, 2.24) is 9.80 Å². The summed E-state index contributed by atoms with van der Waals surface area (Å²) >= 11 is 0. The highest BCUT2D eigenvalue weighted by molar-refractivity contribution is 8.00. The number of nitrogens with zero attached hydrogens (tertiary/aromatic N) is 3. The van der Waals surface area contributed by atoms with Crippen LogP contribution in [0.2, 0.25) is 0 Å². The van der Waals surface area contributed by atoms with E-state index in [0.717, 1.165) is 5.56 Å². The van der Waals surface area contributed by atoms with Gasteiger partial charge in [-0.15, -0.1) is 4.40 Å². The third kappa shape index (κ3) is 4.12. The van der Waals surface area contributed by atoms with Gasteiger partial charge in [-0.2, -0.15) is 8.42 Å². The lowest BCUT2D eigenvalue weighted by Crippen LogP contribution is -2.37. The molecular weight excluding hydrogens is 417 g/mol. The molecule has 0 spiro atoms. The van der Waals surface area contributed by atoms with Gasteiger partial charge in [0.25, 0.3) is 15.9 Å². The number of benzene rings is 2. The van der Waals surface area contributed by atoms with Gasteiger partial charge in [-0.1, -0.05) is 42.0 Å². The molecule has 2 aliphatic rings. The highest BCUT2D eigenvalue weighted by Gasteiger charge is 2.34. The van der Waals surface area contributed by atoms with Crippen LogP contribution in [0.1, 0.15) is 34.8 Å². The molecule has 1 fully saturated rings. The molecule has 4 rings (SSSR count). The molecule has 162 valence electrons. The van der Waals surface area contributed by atoms with Crippen molar-refractivity contribution < 1.29 is 17.6 Å². The van der Waals surface area contributed by atoms with Crippen molar-refractivity contribution in [2.75, 3.05) is 26.2 Å². The van der Waals surface area contributed by atoms with Crippen LogP contribution in [-0.2, 0) is 10.0 Å². The van der Waals surface area contributed by atoms with Crippen LogP contribution in [0.5, 0.6) is 0 Å². The zero-order valence-corrected chi connectivity index (χ0v) is 18.3. The Morgan fingerprint density at radius 1 is 0.968 bits per heavy atom. The normalized spacial score (nSPS) is 18.7. The first kappa shape index (κ1) is 21.2. The Hall–Kier alpha value is -3.00. The summed E-state index contributed by atoms with van der Waals surface area (Å²) in [6, 6.07) is 13.3. The minimum atomic E-state index is -3.80. The first-order valence-corrected chi connectivity index (χ1v) is 11.6. The summed E-state index contributed by atoms with van der Waals surface area (Å²) in [6.45, 7) is 5.53. The van der Waals surface area contributed by atoms with Crippen molar-refractivity contribution in [3.63, 3.8) is 0 Å². The van der Waals surface area contributed by atoms with Crippen LogP contribution in [0.3, 0.4) is 0 Å². The molecule has 2 heterocycles. The summed E-state index contributed by atoms with van der Waals surface area (Å²) in [6.07, 6.45) is 0.631. The summed E-state index contributed by atoms with van der Waals surface area (Å²) in [5.41, 5.74) is 2.32. The Kier molecular flexibility index (Phi) is 5.66. The zero-order chi connectivity index (χ0) is 22.2. The van der Waals surface area contributed by atoms with Gasteiger partial charge in [0.05, 0.1) is 5.56 Å². The van der Waals surface area contributed by atoms with Crippen LogP contribution in [0.15, 0.2) is 58.5 Å². The summed E-state index contributed by atoms with van der Waals surface area (Å²) < 4.78 is 43.7. The summed E-state index contributed by atoms with van der Waals surface area (Å²) in [4.78, 5) is 16.5. The molecule has 0 atom stereocenters. The van der Waals surface area contributed by atoms with Crippen molar-refractivity contribution >= 4 is 26.7 Å². The van der Waals surface area contributed by atoms with Crippen molar-refractivity contribution in [3.8, 4) is 0 Å². The fraction of sp³-hybridized carbons (Fsp3) is 0.304. The summed E-state index contributed by atoms with van der Waals surface area (Å²) in [7, 11) is -3.80. The molecule has 0 N–H and O–H groups in total. The molecule has 1 amide bonds. The maximum atomic E-state index is 14.0. The van der Waals surface area contributed by atoms with Gasteiger partial charge < -0.3 is 9.80 Å². The van der Waals surface area contributed by atoms with E-state index in [-0.39, 0.29) is 16.4 Å². The van der Waals surface area contributed by atoms with Crippen molar-refractivity contribution in [3.05, 3.63) is 76.6 Å². The van der Waals surface area contributed by atoms with E-state index in [9.17, 15) is 17.6 Å². The summed E-state index contributed by atoms with van der Waals surface area (Å²) in [5, 5.41) is 0. The largest absolute Gasteiger partial charge is 0.354 e. The Balaban J connectivity index is 1.56. The molecule has 0 radical (unpaired) electrons. The fourth-order valence-electron chi connectivity index (χ4n) is 4.03. The lowest BCUT2D eigenvalue weighted by atomic mass is 10.1. The molecule has 2 aromatic carbocycles. The summed E-state index contributed by atoms with van der Waals surface area (Å²) in [5.74, 6) is -0.467. The van der Waals surface area contributed by atoms with E-state index in [4.69, 9.17) is 0 Å². The number of rotatable bonds is 2. The fourth-order valence-corrected chi connectivity index (χ4v) is 5.51. The average Bonchev–Trinajstić information content (AvgIpc) is 2.90. The van der Waals surface area contributed by atoms with Crippen molar-refractivity contribution in [2.24, 2.45) is 4.40 Å². The smallest absolute Gasteiger partial charge is 0.285 e. The Labute approximate surface area is 181 Å². The van der Waals surface area contributed by atoms with Gasteiger partial charge in [0.15, 0.2) is 0 Å². The highest BCUT2D eigenvalue weighted by atomic mass is 32.2. The number of sulfonamides is 1. The van der Waals surface area contributed by atoms with Gasteiger partial charge in [-0.3, -0.25) is 4.79 Å². The predicted octanol–water partition coefficient (Wildman–Crippen LogP) is 3.46. The molecule has 31 heavy (non-hydrogen) atoms. The zero-order valence-electron chi connectivity index (χ0n) is 17.5. The standard InChI is InChI=1S/C23H24FN3O3S/c1-16-8-10-18(11-9-16)21-17(2)22(25-31(21,29)30)26-12-5-13-27(15-14-26)23(28)19-6-3-4-7-20(19)24/h3-4,6-11H,5,12-15H2,1-2H3. The van der Waals surface area contributed by atoms with Crippen molar-refractivity contribution in [1.29, 1.82) is 0 Å². The Morgan fingerprint density at radius 2 is 1.68 bits per heavy atom. The Bertz CT molecular complexity index is 1190. The number of carbonyl (C=O) groups excluding carboxylic acids is 1. The van der Waals surface area contributed by atoms with Crippen LogP contribution in [0.25, 0.3) is 4.91 Å². The van der Waals surface area contributed by atoms with E-state index in [1.165, 1.54) is 12.1 Å². The predicted molar refractivity (Wildman–Crippen MR) is 119 cm³/mol. The van der Waals surface area contributed by atoms with Crippen LogP contribution < -0.4 is 0 Å². The number of hydrogen-bond donors (Lipinski definition) is 0. The SMILES string of the molecule is CC1=C(c2ccc(C)cc2)S(=O)(=O)N=C1N1CCCN(C(=O)c2ccccc2F)CC1. The molecule has 0 aromatic heterocycles. The molecule has 0 bridgehead atoms. The number of carbonyl (C=O) groups is 1. The van der Waals surface area contributed by atoms with Gasteiger partial charge in [0.1, 0.15) is 16.6 Å². The van der Waals surface area contributed by atoms with Crippen LogP contribution in [-0.4, -0.2) is 56.1 Å². The van der Waals surface area contributed by atoms with E-state index in [1.807, 2.05) is 24.0 Å². The Morgan fingerprint density at radius 3 is 2.39 bits per heavy atom. The second-order valence-corrected chi connectivity index (χ2v) is 9.36. The number of amides is 1. The molecule has 0 aliphatic carbocycles. The van der Waals surface area contributed by atoms with Gasteiger partial charge in [-0.05, 0) is 38.0 Å². The second kappa shape index (κ2) is 8.26. The average molecular weight is 442 g/mol. The molecule has 1 saturated heterocycles. The van der Waals surface area contributed by atoms with E-state index in [1.54, 1.807) is 36.1 Å². The minimum Gasteiger partial charge on any atom is -0.354 e. The van der Waals surface area contributed by atoms with Gasteiger partial charge in [0.2, 0.25) is 0 Å². The second-order valence-electron chi connectivity index (χ2n) is 7.82. The first-order chi connectivity index (χ1) is 14.8. The van der Waals surface area contributed by atoms with Crippen LogP contribution in [0, 0.1) is 12.7 Å². The van der Waals surface area contributed by atoms with E-state index < -0.39 is 15.8 Å². The lowest BCUT2D eigenvalue weighted by molar-refractivity contribution is 0.0759. The maximum absolute atomic E-state index is 14.0. The van der Waals surface area contributed by atoms with E-state index in [0.29, 0.717) is 49.6 Å². The van der Waals surface area contributed by atoms with E-state index >= 15 is 0 Å². The number of hydrogen-bond acceptors (Lipinski definition) is 4. The van der Waals surface area contributed by atoms with Crippen LogP contribution >= 0.6 is 0 Å². The maximum Gasteiger partial charge on any atom is 0.285 e. The van der Waals surface area contributed by atoms with Gasteiger partial charge in [-0.25, -0.2) is 4.39 Å². The third-order valence-corrected chi connectivity index (χ3v) is 7.11. The molecular formula is C23H24FN3O3S. The first-order valence-electron chi connectivity index (χ1n) is 10.2. The lowest BCUT2D eigenvalue weighted by Gasteiger charge is -2.24. The third-order valence-electron chi connectivity index (χ3n) is 5.64. The topological polar surface area (TPSA) is 70.1 Å². The molecule has 2 aliphatic heterocycles. The number of amidine groups is 1. The minimum absolute atomic E-state index is 0.0504. The van der Waals surface area contributed by atoms with Crippen LogP contribution in [0.4, 0.5) is 4.39 Å². The molecule has 6 nitrogen and oxygen atoms in total. The number of halogens is 1.